The molecule has 33 heavy (non-hydrogen) atoms. The van der Waals surface area contributed by atoms with E-state index >= 15 is 0 Å². The van der Waals surface area contributed by atoms with E-state index in [4.69, 9.17) is 17.3 Å². The van der Waals surface area contributed by atoms with Crippen LogP contribution in [0, 0.1) is 6.42 Å². The first-order chi connectivity index (χ1) is 15.8. The summed E-state index contributed by atoms with van der Waals surface area (Å²) in [5, 5.41) is 2.11. The highest BCUT2D eigenvalue weighted by Gasteiger charge is 2.22. The number of nitrogens with two attached hydrogens (primary N) is 1. The van der Waals surface area contributed by atoms with E-state index in [1.807, 2.05) is 53.4 Å². The van der Waals surface area contributed by atoms with Gasteiger partial charge in [-0.25, -0.2) is 8.42 Å². The third-order valence-corrected chi connectivity index (χ3v) is 6.97. The topological polar surface area (TPSA) is 113 Å². The van der Waals surface area contributed by atoms with Crippen molar-refractivity contribution >= 4 is 38.3 Å². The second-order valence-electron chi connectivity index (χ2n) is 7.80. The molecule has 0 bridgehead atoms. The summed E-state index contributed by atoms with van der Waals surface area (Å²) in [5.41, 5.74) is 8.03. The van der Waals surface area contributed by atoms with Crippen molar-refractivity contribution in [2.45, 2.75) is 12.8 Å². The summed E-state index contributed by atoms with van der Waals surface area (Å²) in [5.74, 6) is -0.449. The Morgan fingerprint density at radius 2 is 1.70 bits per heavy atom. The molecule has 8 nitrogen and oxygen atoms in total. The third kappa shape index (κ3) is 7.18. The Labute approximate surface area is 199 Å². The van der Waals surface area contributed by atoms with Crippen molar-refractivity contribution in [3.63, 3.8) is 0 Å². The average molecular weight is 492 g/mol. The Balaban J connectivity index is 1.48. The van der Waals surface area contributed by atoms with E-state index in [0.29, 0.717) is 50.6 Å². The first kappa shape index (κ1) is 25.0. The van der Waals surface area contributed by atoms with E-state index in [1.54, 1.807) is 6.42 Å². The fourth-order valence-electron chi connectivity index (χ4n) is 3.65. The molecule has 3 rings (SSSR count). The van der Waals surface area contributed by atoms with Crippen molar-refractivity contribution in [2.75, 3.05) is 43.5 Å². The highest BCUT2D eigenvalue weighted by molar-refractivity contribution is 8.05. The van der Waals surface area contributed by atoms with Crippen LogP contribution in [0.3, 0.4) is 0 Å². The van der Waals surface area contributed by atoms with Gasteiger partial charge in [-0.05, 0) is 42.2 Å². The molecule has 0 saturated carbocycles. The number of carbonyl (C=O) groups is 2. The lowest BCUT2D eigenvalue weighted by atomic mass is 10.1. The van der Waals surface area contributed by atoms with Crippen LogP contribution in [0.5, 0.6) is 0 Å². The van der Waals surface area contributed by atoms with Gasteiger partial charge < -0.3 is 20.9 Å². The van der Waals surface area contributed by atoms with Crippen molar-refractivity contribution in [1.29, 1.82) is 0 Å². The minimum atomic E-state index is -3.95. The number of nitrogens with one attached hydrogen (secondary N) is 1. The van der Waals surface area contributed by atoms with Crippen molar-refractivity contribution < 1.29 is 18.0 Å². The van der Waals surface area contributed by atoms with E-state index in [9.17, 15) is 18.0 Å². The number of hydrogen-bond donors (Lipinski definition) is 2. The van der Waals surface area contributed by atoms with Crippen LogP contribution in [-0.2, 0) is 27.5 Å². The molecule has 177 valence electrons. The number of para-hydroxylation sites is 1. The van der Waals surface area contributed by atoms with Gasteiger partial charge in [0.05, 0.1) is 6.42 Å². The number of hydrogen-bond acceptors (Lipinski definition) is 6. The number of anilines is 1. The number of halogens is 1. The molecule has 1 saturated heterocycles. The maximum absolute atomic E-state index is 12.6. The predicted octanol–water partition coefficient (Wildman–Crippen LogP) is 2.02. The summed E-state index contributed by atoms with van der Waals surface area (Å²) in [6.07, 6.45) is 2.87. The fraction of sp³-hybridized carbons (Fsp3) is 0.348. The lowest BCUT2D eigenvalue weighted by molar-refractivity contribution is -0.127. The van der Waals surface area contributed by atoms with E-state index in [1.165, 1.54) is 0 Å². The molecule has 0 aliphatic carbocycles. The van der Waals surface area contributed by atoms with Gasteiger partial charge in [0, 0.05) is 43.4 Å². The number of primary amides is 1. The highest BCUT2D eigenvalue weighted by atomic mass is 35.5. The number of rotatable bonds is 9. The summed E-state index contributed by atoms with van der Waals surface area (Å²) in [7, 11) is -3.95. The summed E-state index contributed by atoms with van der Waals surface area (Å²) in [4.78, 5) is 27.6. The van der Waals surface area contributed by atoms with Crippen LogP contribution in [0.1, 0.15) is 11.1 Å². The van der Waals surface area contributed by atoms with Crippen molar-refractivity contribution in [1.82, 2.24) is 10.2 Å². The largest absolute Gasteiger partial charge is 0.368 e. The molecule has 2 amide bonds. The maximum Gasteiger partial charge on any atom is 0.335 e. The molecule has 10 heteroatoms. The second-order valence-corrected chi connectivity index (χ2v) is 10.2. The van der Waals surface area contributed by atoms with Crippen LogP contribution < -0.4 is 16.0 Å². The van der Waals surface area contributed by atoms with Crippen LogP contribution in [-0.4, -0.2) is 63.1 Å². The molecule has 2 aromatic rings. The van der Waals surface area contributed by atoms with Gasteiger partial charge in [-0.1, -0.05) is 41.9 Å². The van der Waals surface area contributed by atoms with E-state index in [2.05, 4.69) is 10.2 Å². The summed E-state index contributed by atoms with van der Waals surface area (Å²) >= 11 is 5.90. The van der Waals surface area contributed by atoms with Crippen LogP contribution in [0.15, 0.2) is 48.5 Å². The molecule has 1 heterocycles. The predicted molar refractivity (Wildman–Crippen MR) is 130 cm³/mol. The van der Waals surface area contributed by atoms with Crippen LogP contribution in [0.2, 0.25) is 5.02 Å². The zero-order valence-corrected chi connectivity index (χ0v) is 19.8. The van der Waals surface area contributed by atoms with Crippen LogP contribution in [0.25, 0.3) is 0 Å². The number of carbonyl (C=O) groups excluding carboxylic acids is 2. The zero-order chi connectivity index (χ0) is 23.8. The van der Waals surface area contributed by atoms with Gasteiger partial charge in [0.2, 0.25) is 15.7 Å². The van der Waals surface area contributed by atoms with Gasteiger partial charge in [-0.15, -0.1) is 0 Å². The molecular formula is C23H28ClN4O4S. The van der Waals surface area contributed by atoms with Crippen molar-refractivity contribution in [3.05, 3.63) is 71.1 Å². The van der Waals surface area contributed by atoms with Crippen molar-refractivity contribution in [3.8, 4) is 0 Å². The minimum absolute atomic E-state index is 0.0257. The first-order valence-corrected chi connectivity index (χ1v) is 12.7. The smallest absolute Gasteiger partial charge is 0.335 e. The standard InChI is InChI=1S/C23H28ClN4O4S/c24-20-8-5-18(6-9-20)7-10-22(29)28-15-13-27(14-16-28)21-4-2-1-3-19(21)11-12-26-17-33(31,32)23(25)30/h1-6,8-10,26H,7,11-17H2,(H2,25,30). The molecule has 0 unspecified atom stereocenters. The van der Waals surface area contributed by atoms with Gasteiger partial charge in [0.15, 0.2) is 0 Å². The molecule has 0 spiro atoms. The van der Waals surface area contributed by atoms with Gasteiger partial charge >= 0.3 is 5.24 Å². The normalized spacial score (nSPS) is 14.3. The summed E-state index contributed by atoms with van der Waals surface area (Å²) in [6.45, 7) is 3.06. The molecule has 1 aliphatic rings. The molecule has 1 aliphatic heterocycles. The molecule has 1 radical (unpaired) electrons. The Morgan fingerprint density at radius 3 is 2.36 bits per heavy atom. The SMILES string of the molecule is NC(=O)S(=O)(=O)CNCCc1ccccc1N1CCN(C(=O)[CH]Cc2ccc(Cl)cc2)CC1. The van der Waals surface area contributed by atoms with E-state index in [-0.39, 0.29) is 5.91 Å². The molecule has 0 aromatic heterocycles. The Morgan fingerprint density at radius 1 is 1.03 bits per heavy atom. The highest BCUT2D eigenvalue weighted by Crippen LogP contribution is 2.22. The molecule has 0 atom stereocenters. The van der Waals surface area contributed by atoms with Crippen LogP contribution in [0.4, 0.5) is 10.5 Å². The maximum atomic E-state index is 12.6. The number of sulfone groups is 1. The van der Waals surface area contributed by atoms with Crippen molar-refractivity contribution in [2.24, 2.45) is 5.73 Å². The van der Waals surface area contributed by atoms with Gasteiger partial charge in [-0.2, -0.15) is 0 Å². The molecule has 1 fully saturated rings. The lowest BCUT2D eigenvalue weighted by Crippen LogP contribution is -2.49. The monoisotopic (exact) mass is 491 g/mol. The van der Waals surface area contributed by atoms with Gasteiger partial charge in [-0.3, -0.25) is 9.59 Å². The molecular weight excluding hydrogens is 464 g/mol. The van der Waals surface area contributed by atoms with Crippen LogP contribution >= 0.6 is 11.6 Å². The van der Waals surface area contributed by atoms with Gasteiger partial charge in [0.1, 0.15) is 5.88 Å². The fourth-order valence-corrected chi connectivity index (χ4v) is 4.34. The number of benzene rings is 2. The third-order valence-electron chi connectivity index (χ3n) is 5.52. The number of nitrogens with zero attached hydrogens (tertiary/aromatic N) is 2. The molecule has 3 N–H and O–H groups in total. The summed E-state index contributed by atoms with van der Waals surface area (Å²) in [6, 6.07) is 15.4. The zero-order valence-electron chi connectivity index (χ0n) is 18.2. The first-order valence-electron chi connectivity index (χ1n) is 10.7. The Hall–Kier alpha value is -2.62. The number of piperazine rings is 1. The lowest BCUT2D eigenvalue weighted by Gasteiger charge is -2.37. The average Bonchev–Trinajstić information content (AvgIpc) is 2.81. The molecule has 2 aromatic carbocycles. The quantitative estimate of drug-likeness (QED) is 0.519. The summed E-state index contributed by atoms with van der Waals surface area (Å²) < 4.78 is 23.0. The van der Waals surface area contributed by atoms with E-state index < -0.39 is 21.0 Å². The van der Waals surface area contributed by atoms with E-state index in [0.717, 1.165) is 16.8 Å². The second kappa shape index (κ2) is 11.5. The minimum Gasteiger partial charge on any atom is -0.368 e. The number of amides is 2. The Bertz CT molecular complexity index is 1070. The van der Waals surface area contributed by atoms with Gasteiger partial charge in [0.25, 0.3) is 0 Å². The Kier molecular flexibility index (Phi) is 8.71.